The highest BCUT2D eigenvalue weighted by molar-refractivity contribution is 6.28. The van der Waals surface area contributed by atoms with Gasteiger partial charge in [-0.25, -0.2) is 4.39 Å². The second kappa shape index (κ2) is 2.44. The lowest BCUT2D eigenvalue weighted by Gasteiger charge is -2.08. The molecule has 1 nitrogen and oxygen atoms in total. The van der Waals surface area contributed by atoms with E-state index in [2.05, 4.69) is 0 Å². The molecule has 0 fully saturated rings. The summed E-state index contributed by atoms with van der Waals surface area (Å²) in [7, 11) is 0. The van der Waals surface area contributed by atoms with Gasteiger partial charge in [0.25, 0.3) is 0 Å². The van der Waals surface area contributed by atoms with Crippen molar-refractivity contribution >= 4 is 17.4 Å². The molecular formula is C5H8ClFO. The van der Waals surface area contributed by atoms with E-state index < -0.39 is 11.5 Å². The van der Waals surface area contributed by atoms with Gasteiger partial charge in [-0.2, -0.15) is 0 Å². The van der Waals surface area contributed by atoms with E-state index in [1.807, 2.05) is 0 Å². The molecule has 3 heteroatoms. The summed E-state index contributed by atoms with van der Waals surface area (Å²) in [5, 5.41) is 0. The van der Waals surface area contributed by atoms with Crippen molar-refractivity contribution in [2.75, 3.05) is 5.88 Å². The molecule has 8 heavy (non-hydrogen) atoms. The summed E-state index contributed by atoms with van der Waals surface area (Å²) in [6, 6.07) is 0. The molecule has 0 aliphatic rings. The number of hydrogen-bond donors (Lipinski definition) is 0. The number of halogens is 2. The molecule has 0 aromatic heterocycles. The van der Waals surface area contributed by atoms with Crippen LogP contribution in [0.5, 0.6) is 0 Å². The molecule has 0 aliphatic heterocycles. The normalized spacial score (nSPS) is 11.5. The number of Topliss-reactive ketones (excluding diaryl/α,β-unsaturated/α-hetero) is 1. The third kappa shape index (κ3) is 2.26. The molecule has 0 atom stereocenters. The molecule has 0 unspecified atom stereocenters. The molecule has 0 saturated carbocycles. The van der Waals surface area contributed by atoms with Crippen molar-refractivity contribution in [3.05, 3.63) is 0 Å². The highest BCUT2D eigenvalue weighted by atomic mass is 35.5. The van der Waals surface area contributed by atoms with Crippen LogP contribution in [0, 0.1) is 0 Å². The van der Waals surface area contributed by atoms with Crippen molar-refractivity contribution in [3.8, 4) is 0 Å². The standard InChI is InChI=1S/C5H8ClFO/c1-5(2,7)4(8)3-6/h3H2,1-2H3. The van der Waals surface area contributed by atoms with Gasteiger partial charge in [0.1, 0.15) is 0 Å². The Morgan fingerprint density at radius 2 is 2.12 bits per heavy atom. The number of carbonyl (C=O) groups is 1. The van der Waals surface area contributed by atoms with Crippen molar-refractivity contribution < 1.29 is 9.18 Å². The molecule has 0 rings (SSSR count). The van der Waals surface area contributed by atoms with Gasteiger partial charge < -0.3 is 0 Å². The lowest BCUT2D eigenvalue weighted by atomic mass is 10.1. The fourth-order valence-electron chi connectivity index (χ4n) is 0.159. The highest BCUT2D eigenvalue weighted by Gasteiger charge is 2.24. The van der Waals surface area contributed by atoms with Crippen LogP contribution in [0.15, 0.2) is 0 Å². The summed E-state index contributed by atoms with van der Waals surface area (Å²) in [5.41, 5.74) is -1.76. The zero-order valence-corrected chi connectivity index (χ0v) is 5.63. The van der Waals surface area contributed by atoms with Crippen molar-refractivity contribution in [3.63, 3.8) is 0 Å². The zero-order valence-electron chi connectivity index (χ0n) is 4.87. The Kier molecular flexibility index (Phi) is 2.41. The zero-order chi connectivity index (χ0) is 6.78. The van der Waals surface area contributed by atoms with E-state index in [1.165, 1.54) is 13.8 Å². The Morgan fingerprint density at radius 1 is 1.75 bits per heavy atom. The molecule has 0 aliphatic carbocycles. The largest absolute Gasteiger partial charge is 0.295 e. The van der Waals surface area contributed by atoms with Crippen LogP contribution in [-0.2, 0) is 4.79 Å². The number of carbonyl (C=O) groups excluding carboxylic acids is 1. The predicted octanol–water partition coefficient (Wildman–Crippen LogP) is 1.54. The molecule has 0 spiro atoms. The SMILES string of the molecule is CC(C)(F)C(=O)CCl. The van der Waals surface area contributed by atoms with Gasteiger partial charge >= 0.3 is 0 Å². The minimum Gasteiger partial charge on any atom is -0.295 e. The lowest BCUT2D eigenvalue weighted by molar-refractivity contribution is -0.125. The molecule has 0 aromatic carbocycles. The number of alkyl halides is 2. The van der Waals surface area contributed by atoms with Crippen molar-refractivity contribution in [1.29, 1.82) is 0 Å². The molecule has 0 N–H and O–H groups in total. The summed E-state index contributed by atoms with van der Waals surface area (Å²) in [6.45, 7) is 2.38. The monoisotopic (exact) mass is 138 g/mol. The van der Waals surface area contributed by atoms with E-state index in [4.69, 9.17) is 11.6 Å². The average molecular weight is 139 g/mol. The summed E-state index contributed by atoms with van der Waals surface area (Å²) < 4.78 is 12.3. The van der Waals surface area contributed by atoms with E-state index in [1.54, 1.807) is 0 Å². The first-order valence-electron chi connectivity index (χ1n) is 2.26. The number of hydrogen-bond acceptors (Lipinski definition) is 1. The summed E-state index contributed by atoms with van der Waals surface area (Å²) in [5.74, 6) is -0.817. The fraction of sp³-hybridized carbons (Fsp3) is 0.800. The van der Waals surface area contributed by atoms with Crippen LogP contribution >= 0.6 is 11.6 Å². The van der Waals surface area contributed by atoms with Crippen molar-refractivity contribution in [2.24, 2.45) is 0 Å². The molecule has 0 radical (unpaired) electrons. The van der Waals surface area contributed by atoms with E-state index in [-0.39, 0.29) is 5.88 Å². The highest BCUT2D eigenvalue weighted by Crippen LogP contribution is 2.09. The third-order valence-corrected chi connectivity index (χ3v) is 1.03. The quantitative estimate of drug-likeness (QED) is 0.529. The lowest BCUT2D eigenvalue weighted by Crippen LogP contribution is -2.26. The van der Waals surface area contributed by atoms with Crippen LogP contribution in [-0.4, -0.2) is 17.3 Å². The minimum absolute atomic E-state index is 0.247. The number of rotatable bonds is 2. The van der Waals surface area contributed by atoms with E-state index >= 15 is 0 Å². The Labute approximate surface area is 52.8 Å². The Morgan fingerprint density at radius 3 is 2.12 bits per heavy atom. The Hall–Kier alpha value is -0.110. The molecule has 48 valence electrons. The van der Waals surface area contributed by atoms with Crippen LogP contribution in [0.3, 0.4) is 0 Å². The predicted molar refractivity (Wildman–Crippen MR) is 30.9 cm³/mol. The first kappa shape index (κ1) is 7.89. The molecular weight excluding hydrogens is 131 g/mol. The minimum atomic E-state index is -1.76. The van der Waals surface area contributed by atoms with Crippen LogP contribution < -0.4 is 0 Å². The van der Waals surface area contributed by atoms with E-state index in [9.17, 15) is 9.18 Å². The Balaban J connectivity index is 3.82. The maximum atomic E-state index is 12.3. The molecule has 0 amide bonds. The molecule has 0 bridgehead atoms. The first-order chi connectivity index (χ1) is 3.48. The van der Waals surface area contributed by atoms with E-state index in [0.717, 1.165) is 0 Å². The number of ketones is 1. The second-order valence-corrected chi connectivity index (χ2v) is 2.30. The van der Waals surface area contributed by atoms with Gasteiger partial charge in [0.05, 0.1) is 5.88 Å². The second-order valence-electron chi connectivity index (χ2n) is 2.03. The maximum Gasteiger partial charge on any atom is 0.184 e. The Bertz CT molecular complexity index is 95.1. The van der Waals surface area contributed by atoms with Gasteiger partial charge in [-0.15, -0.1) is 11.6 Å². The maximum absolute atomic E-state index is 12.3. The summed E-state index contributed by atoms with van der Waals surface area (Å²) in [4.78, 5) is 10.3. The van der Waals surface area contributed by atoms with Gasteiger partial charge in [-0.05, 0) is 13.8 Å². The van der Waals surface area contributed by atoms with Crippen molar-refractivity contribution in [1.82, 2.24) is 0 Å². The first-order valence-corrected chi connectivity index (χ1v) is 2.80. The van der Waals surface area contributed by atoms with Gasteiger partial charge in [-0.3, -0.25) is 4.79 Å². The van der Waals surface area contributed by atoms with Crippen molar-refractivity contribution in [2.45, 2.75) is 19.5 Å². The van der Waals surface area contributed by atoms with Gasteiger partial charge in [0, 0.05) is 0 Å². The van der Waals surface area contributed by atoms with Crippen LogP contribution in [0.1, 0.15) is 13.8 Å². The molecule has 0 aromatic rings. The van der Waals surface area contributed by atoms with Gasteiger partial charge in [0.15, 0.2) is 11.5 Å². The van der Waals surface area contributed by atoms with Crippen LogP contribution in [0.4, 0.5) is 4.39 Å². The van der Waals surface area contributed by atoms with Crippen LogP contribution in [0.25, 0.3) is 0 Å². The summed E-state index contributed by atoms with van der Waals surface area (Å²) in [6.07, 6.45) is 0. The van der Waals surface area contributed by atoms with Gasteiger partial charge in [-0.1, -0.05) is 0 Å². The van der Waals surface area contributed by atoms with Crippen LogP contribution in [0.2, 0.25) is 0 Å². The molecule has 0 saturated heterocycles. The molecule has 0 heterocycles. The average Bonchev–Trinajstić information content (AvgIpc) is 1.62. The van der Waals surface area contributed by atoms with Gasteiger partial charge in [0.2, 0.25) is 0 Å². The summed E-state index contributed by atoms with van der Waals surface area (Å²) >= 11 is 5.05. The topological polar surface area (TPSA) is 17.1 Å². The van der Waals surface area contributed by atoms with E-state index in [0.29, 0.717) is 0 Å². The third-order valence-electron chi connectivity index (χ3n) is 0.784. The fourth-order valence-corrected chi connectivity index (χ4v) is 0.477. The smallest absolute Gasteiger partial charge is 0.184 e.